The van der Waals surface area contributed by atoms with Gasteiger partial charge >= 0.3 is 0 Å². The van der Waals surface area contributed by atoms with Gasteiger partial charge in [0, 0.05) is 18.2 Å². The first-order valence-electron chi connectivity index (χ1n) is 7.73. The van der Waals surface area contributed by atoms with Gasteiger partial charge in [0.15, 0.2) is 0 Å². The fourth-order valence-electron chi connectivity index (χ4n) is 2.78. The number of nitrogens with one attached hydrogen (secondary N) is 1. The Bertz CT molecular complexity index is 604. The molecule has 1 unspecified atom stereocenters. The third kappa shape index (κ3) is 3.45. The van der Waals surface area contributed by atoms with Crippen LogP contribution in [0.1, 0.15) is 48.4 Å². The Hall–Kier alpha value is -1.80. The van der Waals surface area contributed by atoms with E-state index in [2.05, 4.69) is 48.6 Å². The summed E-state index contributed by atoms with van der Waals surface area (Å²) in [6, 6.07) is 17.5. The number of rotatable bonds is 6. The van der Waals surface area contributed by atoms with E-state index < -0.39 is 0 Å². The number of hydrogen-bond donors (Lipinski definition) is 1. The molecule has 2 aromatic rings. The zero-order valence-electron chi connectivity index (χ0n) is 12.8. The lowest BCUT2D eigenvalue weighted by Gasteiger charge is -2.17. The van der Waals surface area contributed by atoms with Crippen molar-refractivity contribution >= 4 is 0 Å². The summed E-state index contributed by atoms with van der Waals surface area (Å²) in [5.74, 6) is 1.76. The van der Waals surface area contributed by atoms with Crippen LogP contribution in [0.2, 0.25) is 0 Å². The highest BCUT2D eigenvalue weighted by Crippen LogP contribution is 2.40. The lowest BCUT2D eigenvalue weighted by atomic mass is 10.0. The summed E-state index contributed by atoms with van der Waals surface area (Å²) in [6.45, 7) is 3.07. The largest absolute Gasteiger partial charge is 0.496 e. The summed E-state index contributed by atoms with van der Waals surface area (Å²) in [5.41, 5.74) is 4.07. The molecule has 0 heterocycles. The molecule has 1 aliphatic rings. The second-order valence-electron chi connectivity index (χ2n) is 5.86. The zero-order valence-corrected chi connectivity index (χ0v) is 12.8. The van der Waals surface area contributed by atoms with Crippen LogP contribution in [0.4, 0.5) is 0 Å². The third-order valence-electron chi connectivity index (χ3n) is 4.22. The van der Waals surface area contributed by atoms with Crippen LogP contribution in [0.25, 0.3) is 0 Å². The molecule has 21 heavy (non-hydrogen) atoms. The Morgan fingerprint density at radius 2 is 1.95 bits per heavy atom. The molecule has 2 aromatic carbocycles. The SMILES string of the molecule is COc1ccccc1C(C)NCc1cccc(C2CC2)c1. The highest BCUT2D eigenvalue weighted by molar-refractivity contribution is 5.35. The van der Waals surface area contributed by atoms with E-state index in [1.165, 1.54) is 29.5 Å². The average Bonchev–Trinajstić information content (AvgIpc) is 3.38. The van der Waals surface area contributed by atoms with Gasteiger partial charge in [-0.3, -0.25) is 0 Å². The summed E-state index contributed by atoms with van der Waals surface area (Å²) in [4.78, 5) is 0. The maximum Gasteiger partial charge on any atom is 0.123 e. The molecule has 2 heteroatoms. The second kappa shape index (κ2) is 6.31. The molecule has 2 nitrogen and oxygen atoms in total. The van der Waals surface area contributed by atoms with Gasteiger partial charge in [0.05, 0.1) is 7.11 Å². The van der Waals surface area contributed by atoms with Crippen molar-refractivity contribution in [3.63, 3.8) is 0 Å². The van der Waals surface area contributed by atoms with E-state index in [9.17, 15) is 0 Å². The quantitative estimate of drug-likeness (QED) is 0.846. The molecule has 0 aromatic heterocycles. The Kier molecular flexibility index (Phi) is 4.26. The Morgan fingerprint density at radius 1 is 1.14 bits per heavy atom. The molecule has 1 saturated carbocycles. The standard InChI is InChI=1S/C19H23NO/c1-14(18-8-3-4-9-19(18)21-2)20-13-15-6-5-7-17(12-15)16-10-11-16/h3-9,12,14,16,20H,10-11,13H2,1-2H3. The zero-order chi connectivity index (χ0) is 14.7. The van der Waals surface area contributed by atoms with Crippen LogP contribution in [0, 0.1) is 0 Å². The molecule has 1 aliphatic carbocycles. The third-order valence-corrected chi connectivity index (χ3v) is 4.22. The van der Waals surface area contributed by atoms with E-state index in [0.29, 0.717) is 0 Å². The molecule has 110 valence electrons. The van der Waals surface area contributed by atoms with Crippen LogP contribution in [-0.4, -0.2) is 7.11 Å². The minimum absolute atomic E-state index is 0.269. The molecule has 0 saturated heterocycles. The van der Waals surface area contributed by atoms with E-state index in [-0.39, 0.29) is 6.04 Å². The highest BCUT2D eigenvalue weighted by Gasteiger charge is 2.23. The maximum atomic E-state index is 5.44. The Labute approximate surface area is 127 Å². The van der Waals surface area contributed by atoms with Crippen molar-refractivity contribution in [1.82, 2.24) is 5.32 Å². The van der Waals surface area contributed by atoms with Crippen LogP contribution < -0.4 is 10.1 Å². The molecule has 0 radical (unpaired) electrons. The first-order valence-corrected chi connectivity index (χ1v) is 7.73. The van der Waals surface area contributed by atoms with Crippen LogP contribution in [0.15, 0.2) is 48.5 Å². The van der Waals surface area contributed by atoms with Gasteiger partial charge in [-0.15, -0.1) is 0 Å². The summed E-state index contributed by atoms with van der Waals surface area (Å²) in [5, 5.41) is 3.60. The van der Waals surface area contributed by atoms with E-state index in [1.807, 2.05) is 12.1 Å². The fourth-order valence-corrected chi connectivity index (χ4v) is 2.78. The normalized spacial score (nSPS) is 15.7. The molecule has 0 aliphatic heterocycles. The van der Waals surface area contributed by atoms with Gasteiger partial charge in [-0.2, -0.15) is 0 Å². The molecule has 0 spiro atoms. The van der Waals surface area contributed by atoms with Crippen LogP contribution >= 0.6 is 0 Å². The molecule has 3 rings (SSSR count). The van der Waals surface area contributed by atoms with Crippen molar-refractivity contribution < 1.29 is 4.74 Å². The summed E-state index contributed by atoms with van der Waals surface area (Å²) in [7, 11) is 1.73. The van der Waals surface area contributed by atoms with Crippen molar-refractivity contribution in [3.05, 3.63) is 65.2 Å². The van der Waals surface area contributed by atoms with Crippen LogP contribution in [0.5, 0.6) is 5.75 Å². The topological polar surface area (TPSA) is 21.3 Å². The summed E-state index contributed by atoms with van der Waals surface area (Å²) in [6.07, 6.45) is 2.71. The van der Waals surface area contributed by atoms with Crippen molar-refractivity contribution in [3.8, 4) is 5.75 Å². The lowest BCUT2D eigenvalue weighted by Crippen LogP contribution is -2.18. The van der Waals surface area contributed by atoms with E-state index in [0.717, 1.165) is 18.2 Å². The number of para-hydroxylation sites is 1. The smallest absolute Gasteiger partial charge is 0.123 e. The highest BCUT2D eigenvalue weighted by atomic mass is 16.5. The Balaban J connectivity index is 1.65. The molecule has 0 bridgehead atoms. The van der Waals surface area contributed by atoms with E-state index >= 15 is 0 Å². The van der Waals surface area contributed by atoms with Gasteiger partial charge in [0.1, 0.15) is 5.75 Å². The molecular formula is C19H23NO. The minimum atomic E-state index is 0.269. The first-order chi connectivity index (χ1) is 10.3. The van der Waals surface area contributed by atoms with Gasteiger partial charge in [0.25, 0.3) is 0 Å². The fraction of sp³-hybridized carbons (Fsp3) is 0.368. The van der Waals surface area contributed by atoms with Crippen molar-refractivity contribution in [2.45, 2.75) is 38.3 Å². The second-order valence-corrected chi connectivity index (χ2v) is 5.86. The van der Waals surface area contributed by atoms with Gasteiger partial charge < -0.3 is 10.1 Å². The summed E-state index contributed by atoms with van der Waals surface area (Å²) >= 11 is 0. The first kappa shape index (κ1) is 14.2. The molecule has 1 N–H and O–H groups in total. The van der Waals surface area contributed by atoms with Gasteiger partial charge in [-0.05, 0) is 42.9 Å². The number of hydrogen-bond acceptors (Lipinski definition) is 2. The summed E-state index contributed by atoms with van der Waals surface area (Å²) < 4.78 is 5.44. The van der Waals surface area contributed by atoms with Crippen molar-refractivity contribution in [2.24, 2.45) is 0 Å². The predicted molar refractivity (Wildman–Crippen MR) is 86.7 cm³/mol. The molecular weight excluding hydrogens is 258 g/mol. The van der Waals surface area contributed by atoms with Gasteiger partial charge in [0.2, 0.25) is 0 Å². The lowest BCUT2D eigenvalue weighted by molar-refractivity contribution is 0.401. The van der Waals surface area contributed by atoms with Gasteiger partial charge in [-0.25, -0.2) is 0 Å². The predicted octanol–water partition coefficient (Wildman–Crippen LogP) is 4.42. The van der Waals surface area contributed by atoms with Crippen LogP contribution in [-0.2, 0) is 6.54 Å². The van der Waals surface area contributed by atoms with E-state index in [1.54, 1.807) is 7.11 Å². The van der Waals surface area contributed by atoms with Gasteiger partial charge in [-0.1, -0.05) is 42.5 Å². The average molecular weight is 281 g/mol. The number of methoxy groups -OCH3 is 1. The van der Waals surface area contributed by atoms with Crippen molar-refractivity contribution in [2.75, 3.05) is 7.11 Å². The van der Waals surface area contributed by atoms with E-state index in [4.69, 9.17) is 4.74 Å². The van der Waals surface area contributed by atoms with Crippen molar-refractivity contribution in [1.29, 1.82) is 0 Å². The monoisotopic (exact) mass is 281 g/mol. The number of benzene rings is 2. The minimum Gasteiger partial charge on any atom is -0.496 e. The molecule has 0 amide bonds. The molecule has 1 atom stereocenters. The molecule has 1 fully saturated rings. The van der Waals surface area contributed by atoms with Crippen LogP contribution in [0.3, 0.4) is 0 Å². The maximum absolute atomic E-state index is 5.44. The Morgan fingerprint density at radius 3 is 2.71 bits per heavy atom. The number of ether oxygens (including phenoxy) is 1.